The molecule has 10 heteroatoms. The molecule has 186 valence electrons. The zero-order valence-corrected chi connectivity index (χ0v) is 20.8. The fourth-order valence-electron chi connectivity index (χ4n) is 4.13. The molecule has 1 fully saturated rings. The van der Waals surface area contributed by atoms with Crippen molar-refractivity contribution in [2.75, 3.05) is 32.8 Å². The number of aromatic nitrogens is 3. The second-order valence-corrected chi connectivity index (χ2v) is 9.20. The summed E-state index contributed by atoms with van der Waals surface area (Å²) in [6, 6.07) is 8.51. The van der Waals surface area contributed by atoms with E-state index in [2.05, 4.69) is 20.4 Å². The van der Waals surface area contributed by atoms with E-state index in [0.29, 0.717) is 48.1 Å². The Morgan fingerprint density at radius 1 is 1.14 bits per heavy atom. The highest BCUT2D eigenvalue weighted by Crippen LogP contribution is 2.38. The van der Waals surface area contributed by atoms with Crippen LogP contribution >= 0.6 is 11.6 Å². The van der Waals surface area contributed by atoms with Gasteiger partial charge < -0.3 is 20.3 Å². The number of morpholine rings is 1. The van der Waals surface area contributed by atoms with Crippen LogP contribution in [0.25, 0.3) is 17.1 Å². The van der Waals surface area contributed by atoms with Gasteiger partial charge in [-0.3, -0.25) is 14.3 Å². The minimum absolute atomic E-state index is 0.00231. The molecule has 0 unspecified atom stereocenters. The normalized spacial score (nSPS) is 14.4. The minimum Gasteiger partial charge on any atom is -0.508 e. The van der Waals surface area contributed by atoms with Crippen LogP contribution < -0.4 is 5.32 Å². The summed E-state index contributed by atoms with van der Waals surface area (Å²) < 4.78 is 7.00. The molecular formula is C25H30ClN5O4. The maximum atomic E-state index is 12.8. The molecule has 0 saturated carbocycles. The summed E-state index contributed by atoms with van der Waals surface area (Å²) in [6.45, 7) is 9.88. The quantitative estimate of drug-likeness (QED) is 0.454. The van der Waals surface area contributed by atoms with E-state index in [4.69, 9.17) is 16.3 Å². The van der Waals surface area contributed by atoms with Gasteiger partial charge in [-0.1, -0.05) is 31.5 Å². The van der Waals surface area contributed by atoms with Gasteiger partial charge in [0.15, 0.2) is 5.82 Å². The molecule has 0 aliphatic carbocycles. The number of ether oxygens (including phenoxy) is 1. The van der Waals surface area contributed by atoms with Crippen molar-refractivity contribution in [2.24, 2.45) is 0 Å². The van der Waals surface area contributed by atoms with Gasteiger partial charge in [0.1, 0.15) is 11.5 Å². The van der Waals surface area contributed by atoms with E-state index >= 15 is 0 Å². The Bertz CT molecular complexity index is 1220. The molecule has 1 aromatic heterocycles. The van der Waals surface area contributed by atoms with Crippen molar-refractivity contribution >= 4 is 17.5 Å². The Labute approximate surface area is 209 Å². The van der Waals surface area contributed by atoms with Gasteiger partial charge in [-0.25, -0.2) is 0 Å². The molecule has 1 aliphatic heterocycles. The highest BCUT2D eigenvalue weighted by Gasteiger charge is 2.25. The van der Waals surface area contributed by atoms with Crippen LogP contribution in [0.4, 0.5) is 0 Å². The Kier molecular flexibility index (Phi) is 7.59. The van der Waals surface area contributed by atoms with E-state index < -0.39 is 5.91 Å². The summed E-state index contributed by atoms with van der Waals surface area (Å²) in [5, 5.41) is 32.6. The number of phenolic OH excluding ortho intramolecular Hbond substituents is 2. The third-order valence-electron chi connectivity index (χ3n) is 6.00. The first-order valence-electron chi connectivity index (χ1n) is 11.7. The third kappa shape index (κ3) is 5.27. The van der Waals surface area contributed by atoms with Crippen molar-refractivity contribution in [2.45, 2.75) is 33.2 Å². The molecule has 1 saturated heterocycles. The standard InChI is InChI=1S/C25H30ClN5O4/c1-4-27-25(34)24-29-28-23(19-12-18(15(2)3)21(32)13-22(19)33)31(24)17-6-5-16(20(26)11-17)14-30-7-9-35-10-8-30/h5-6,11-13,15,32-33H,4,7-10,14H2,1-3H3,(H,27,34). The van der Waals surface area contributed by atoms with E-state index in [-0.39, 0.29) is 29.1 Å². The number of aromatic hydroxyl groups is 2. The van der Waals surface area contributed by atoms with Gasteiger partial charge in [-0.15, -0.1) is 10.2 Å². The van der Waals surface area contributed by atoms with Crippen LogP contribution in [-0.2, 0) is 11.3 Å². The van der Waals surface area contributed by atoms with Crippen molar-refractivity contribution in [3.63, 3.8) is 0 Å². The molecule has 0 radical (unpaired) electrons. The molecule has 35 heavy (non-hydrogen) atoms. The highest BCUT2D eigenvalue weighted by atomic mass is 35.5. The number of nitrogens with zero attached hydrogens (tertiary/aromatic N) is 4. The second kappa shape index (κ2) is 10.6. The third-order valence-corrected chi connectivity index (χ3v) is 6.36. The van der Waals surface area contributed by atoms with Crippen LogP contribution in [0.15, 0.2) is 30.3 Å². The summed E-state index contributed by atoms with van der Waals surface area (Å²) in [6.07, 6.45) is 0. The van der Waals surface area contributed by atoms with Crippen molar-refractivity contribution in [3.8, 4) is 28.6 Å². The predicted molar refractivity (Wildman–Crippen MR) is 133 cm³/mol. The lowest BCUT2D eigenvalue weighted by Gasteiger charge is -2.27. The first-order chi connectivity index (χ1) is 16.8. The van der Waals surface area contributed by atoms with E-state index in [9.17, 15) is 15.0 Å². The molecular weight excluding hydrogens is 470 g/mol. The fourth-order valence-corrected chi connectivity index (χ4v) is 4.36. The van der Waals surface area contributed by atoms with Crippen LogP contribution in [0.2, 0.25) is 5.02 Å². The van der Waals surface area contributed by atoms with Gasteiger partial charge in [-0.05, 0) is 42.2 Å². The van der Waals surface area contributed by atoms with Gasteiger partial charge in [0.05, 0.1) is 24.5 Å². The molecule has 2 aromatic carbocycles. The zero-order valence-electron chi connectivity index (χ0n) is 20.1. The SMILES string of the molecule is CCNC(=O)c1nnc(-c2cc(C(C)C)c(O)cc2O)n1-c1ccc(CN2CCOCC2)c(Cl)c1. The van der Waals surface area contributed by atoms with Crippen molar-refractivity contribution in [1.29, 1.82) is 0 Å². The van der Waals surface area contributed by atoms with Gasteiger partial charge in [-0.2, -0.15) is 0 Å². The van der Waals surface area contributed by atoms with Crippen LogP contribution in [0.1, 0.15) is 48.4 Å². The first kappa shape index (κ1) is 25.0. The number of halogens is 1. The van der Waals surface area contributed by atoms with Gasteiger partial charge >= 0.3 is 0 Å². The van der Waals surface area contributed by atoms with Crippen molar-refractivity contribution < 1.29 is 19.7 Å². The van der Waals surface area contributed by atoms with Gasteiger partial charge in [0.2, 0.25) is 5.82 Å². The molecule has 3 aromatic rings. The van der Waals surface area contributed by atoms with Crippen LogP contribution in [0.3, 0.4) is 0 Å². The number of hydrogen-bond donors (Lipinski definition) is 3. The van der Waals surface area contributed by atoms with Crippen molar-refractivity contribution in [1.82, 2.24) is 25.0 Å². The Hall–Kier alpha value is -3.14. The first-order valence-corrected chi connectivity index (χ1v) is 12.1. The average Bonchev–Trinajstić information content (AvgIpc) is 3.26. The Balaban J connectivity index is 1.81. The number of rotatable bonds is 7. The molecule has 2 heterocycles. The average molecular weight is 500 g/mol. The smallest absolute Gasteiger partial charge is 0.289 e. The van der Waals surface area contributed by atoms with E-state index in [0.717, 1.165) is 18.7 Å². The van der Waals surface area contributed by atoms with E-state index in [1.165, 1.54) is 6.07 Å². The maximum Gasteiger partial charge on any atom is 0.289 e. The molecule has 0 spiro atoms. The maximum absolute atomic E-state index is 12.8. The molecule has 9 nitrogen and oxygen atoms in total. The predicted octanol–water partition coefficient (Wildman–Crippen LogP) is 3.70. The van der Waals surface area contributed by atoms with Crippen LogP contribution in [0.5, 0.6) is 11.5 Å². The lowest BCUT2D eigenvalue weighted by molar-refractivity contribution is 0.0342. The monoisotopic (exact) mass is 499 g/mol. The fraction of sp³-hybridized carbons (Fsp3) is 0.400. The number of carbonyl (C=O) groups is 1. The zero-order chi connectivity index (χ0) is 25.1. The molecule has 0 bridgehead atoms. The topological polar surface area (TPSA) is 113 Å². The Morgan fingerprint density at radius 2 is 1.89 bits per heavy atom. The molecule has 3 N–H and O–H groups in total. The van der Waals surface area contributed by atoms with E-state index in [1.807, 2.05) is 32.9 Å². The van der Waals surface area contributed by atoms with Crippen molar-refractivity contribution in [3.05, 3.63) is 52.3 Å². The van der Waals surface area contributed by atoms with Gasteiger partial charge in [0, 0.05) is 37.3 Å². The summed E-state index contributed by atoms with van der Waals surface area (Å²) >= 11 is 6.68. The molecule has 4 rings (SSSR count). The minimum atomic E-state index is -0.401. The summed E-state index contributed by atoms with van der Waals surface area (Å²) in [5.74, 6) is -0.241. The Morgan fingerprint density at radius 3 is 2.54 bits per heavy atom. The number of carbonyl (C=O) groups excluding carboxylic acids is 1. The largest absolute Gasteiger partial charge is 0.508 e. The number of amides is 1. The van der Waals surface area contributed by atoms with Crippen LogP contribution in [-0.4, -0.2) is 68.6 Å². The summed E-state index contributed by atoms with van der Waals surface area (Å²) in [4.78, 5) is 15.1. The highest BCUT2D eigenvalue weighted by molar-refractivity contribution is 6.31. The number of hydrogen-bond acceptors (Lipinski definition) is 7. The molecule has 1 aliphatic rings. The second-order valence-electron chi connectivity index (χ2n) is 8.79. The molecule has 0 atom stereocenters. The van der Waals surface area contributed by atoms with Crippen LogP contribution in [0, 0.1) is 0 Å². The van der Waals surface area contributed by atoms with E-state index in [1.54, 1.807) is 16.7 Å². The number of benzene rings is 2. The molecule has 1 amide bonds. The number of nitrogens with one attached hydrogen (secondary N) is 1. The summed E-state index contributed by atoms with van der Waals surface area (Å²) in [5.41, 5.74) is 2.54. The lowest BCUT2D eigenvalue weighted by Crippen LogP contribution is -2.35. The summed E-state index contributed by atoms with van der Waals surface area (Å²) in [7, 11) is 0. The number of phenols is 2. The van der Waals surface area contributed by atoms with Gasteiger partial charge in [0.25, 0.3) is 5.91 Å². The lowest BCUT2D eigenvalue weighted by atomic mass is 9.98.